The van der Waals surface area contributed by atoms with Gasteiger partial charge in [-0.2, -0.15) is 0 Å². The van der Waals surface area contributed by atoms with Gasteiger partial charge < -0.3 is 0 Å². The summed E-state index contributed by atoms with van der Waals surface area (Å²) in [5.74, 6) is -1.62. The molecule has 0 saturated heterocycles. The lowest BCUT2D eigenvalue weighted by Crippen LogP contribution is -2.38. The summed E-state index contributed by atoms with van der Waals surface area (Å²) in [6, 6.07) is 2.93. The van der Waals surface area contributed by atoms with Crippen LogP contribution >= 0.6 is 0 Å². The molecular weight excluding hydrogens is 248 g/mol. The molecule has 2 nitrogen and oxygen atoms in total. The molecule has 2 atom stereocenters. The van der Waals surface area contributed by atoms with Crippen LogP contribution in [-0.2, 0) is 0 Å². The van der Waals surface area contributed by atoms with Gasteiger partial charge in [-0.1, -0.05) is 20.3 Å². The van der Waals surface area contributed by atoms with E-state index < -0.39 is 11.6 Å². The molecule has 0 N–H and O–H groups in total. The molecule has 1 aromatic rings. The van der Waals surface area contributed by atoms with Crippen LogP contribution < -0.4 is 0 Å². The highest BCUT2D eigenvalue weighted by Gasteiger charge is 2.21. The maximum Gasteiger partial charge on any atom is 0.179 e. The second-order valence-electron chi connectivity index (χ2n) is 5.12. The maximum atomic E-state index is 13.1. The van der Waals surface area contributed by atoms with E-state index in [1.54, 1.807) is 6.92 Å². The minimum Gasteiger partial charge on any atom is -0.296 e. The van der Waals surface area contributed by atoms with E-state index in [0.29, 0.717) is 5.92 Å². The van der Waals surface area contributed by atoms with Crippen LogP contribution in [0.4, 0.5) is 8.78 Å². The van der Waals surface area contributed by atoms with Crippen molar-refractivity contribution in [3.63, 3.8) is 0 Å². The van der Waals surface area contributed by atoms with Gasteiger partial charge in [0, 0.05) is 12.1 Å². The van der Waals surface area contributed by atoms with Crippen LogP contribution in [-0.4, -0.2) is 30.3 Å². The highest BCUT2D eigenvalue weighted by Crippen LogP contribution is 2.14. The van der Waals surface area contributed by atoms with Crippen molar-refractivity contribution in [2.45, 2.75) is 33.2 Å². The Hall–Kier alpha value is -1.29. The Labute approximate surface area is 113 Å². The van der Waals surface area contributed by atoms with E-state index >= 15 is 0 Å². The van der Waals surface area contributed by atoms with Gasteiger partial charge in [0.2, 0.25) is 0 Å². The van der Waals surface area contributed by atoms with Gasteiger partial charge in [0.05, 0.1) is 6.04 Å². The standard InChI is InChI=1S/C15H21F2NO/c1-5-10(2)9-18(4)11(3)15(19)12-6-7-13(16)14(17)8-12/h6-8,10-11H,5,9H2,1-4H3. The molecule has 2 unspecified atom stereocenters. The number of hydrogen-bond acceptors (Lipinski definition) is 2. The summed E-state index contributed by atoms with van der Waals surface area (Å²) >= 11 is 0. The fourth-order valence-corrected chi connectivity index (χ4v) is 1.87. The number of ketones is 1. The Morgan fingerprint density at radius 1 is 1.26 bits per heavy atom. The zero-order valence-corrected chi connectivity index (χ0v) is 11.9. The quantitative estimate of drug-likeness (QED) is 0.736. The summed E-state index contributed by atoms with van der Waals surface area (Å²) in [7, 11) is 1.87. The molecular formula is C15H21F2NO. The van der Waals surface area contributed by atoms with Crippen LogP contribution in [0.5, 0.6) is 0 Å². The molecule has 1 aromatic carbocycles. The first-order chi connectivity index (χ1) is 8.86. The van der Waals surface area contributed by atoms with Crippen molar-refractivity contribution < 1.29 is 13.6 Å². The van der Waals surface area contributed by atoms with E-state index in [1.807, 2.05) is 11.9 Å². The molecule has 0 amide bonds. The fraction of sp³-hybridized carbons (Fsp3) is 0.533. The molecule has 0 spiro atoms. The first-order valence-electron chi connectivity index (χ1n) is 6.56. The van der Waals surface area contributed by atoms with Gasteiger partial charge >= 0.3 is 0 Å². The molecule has 0 aliphatic carbocycles. The average Bonchev–Trinajstić information content (AvgIpc) is 2.39. The van der Waals surface area contributed by atoms with Crippen molar-refractivity contribution in [2.24, 2.45) is 5.92 Å². The van der Waals surface area contributed by atoms with Gasteiger partial charge in [0.1, 0.15) is 0 Å². The number of carbonyl (C=O) groups is 1. The van der Waals surface area contributed by atoms with Crippen LogP contribution in [0.25, 0.3) is 0 Å². The summed E-state index contributed by atoms with van der Waals surface area (Å²) in [5.41, 5.74) is 0.211. The lowest BCUT2D eigenvalue weighted by atomic mass is 10.0. The number of hydrogen-bond donors (Lipinski definition) is 0. The van der Waals surface area contributed by atoms with Gasteiger partial charge in [-0.25, -0.2) is 8.78 Å². The topological polar surface area (TPSA) is 20.3 Å². The molecule has 0 fully saturated rings. The van der Waals surface area contributed by atoms with Crippen molar-refractivity contribution in [3.05, 3.63) is 35.4 Å². The molecule has 0 bridgehead atoms. The summed E-state index contributed by atoms with van der Waals surface area (Å²) in [4.78, 5) is 14.1. The highest BCUT2D eigenvalue weighted by atomic mass is 19.2. The monoisotopic (exact) mass is 269 g/mol. The maximum absolute atomic E-state index is 13.1. The lowest BCUT2D eigenvalue weighted by Gasteiger charge is -2.26. The number of carbonyl (C=O) groups excluding carboxylic acids is 1. The molecule has 0 aromatic heterocycles. The molecule has 106 valence electrons. The van der Waals surface area contributed by atoms with Gasteiger partial charge in [0.25, 0.3) is 0 Å². The summed E-state index contributed by atoms with van der Waals surface area (Å²) in [6.45, 7) is 6.80. The predicted octanol–water partition coefficient (Wildman–Crippen LogP) is 3.51. The number of Topliss-reactive ketones (excluding diaryl/α,β-unsaturated/α-hetero) is 1. The van der Waals surface area contributed by atoms with Crippen molar-refractivity contribution in [2.75, 3.05) is 13.6 Å². The molecule has 0 heterocycles. The second-order valence-corrected chi connectivity index (χ2v) is 5.12. The molecule has 0 aliphatic rings. The average molecular weight is 269 g/mol. The van der Waals surface area contributed by atoms with Crippen molar-refractivity contribution in [1.29, 1.82) is 0 Å². The van der Waals surface area contributed by atoms with E-state index in [-0.39, 0.29) is 17.4 Å². The first-order valence-corrected chi connectivity index (χ1v) is 6.56. The number of rotatable bonds is 6. The van der Waals surface area contributed by atoms with Crippen LogP contribution in [0.2, 0.25) is 0 Å². The molecule has 1 rings (SSSR count). The largest absolute Gasteiger partial charge is 0.296 e. The van der Waals surface area contributed by atoms with E-state index in [9.17, 15) is 13.6 Å². The third-order valence-electron chi connectivity index (χ3n) is 3.54. The summed E-state index contributed by atoms with van der Waals surface area (Å²) in [5, 5.41) is 0. The third kappa shape index (κ3) is 4.10. The highest BCUT2D eigenvalue weighted by molar-refractivity contribution is 5.99. The van der Waals surface area contributed by atoms with E-state index in [1.165, 1.54) is 6.07 Å². The number of benzene rings is 1. The molecule has 19 heavy (non-hydrogen) atoms. The predicted molar refractivity (Wildman–Crippen MR) is 72.2 cm³/mol. The fourth-order valence-electron chi connectivity index (χ4n) is 1.87. The Morgan fingerprint density at radius 3 is 2.42 bits per heavy atom. The Morgan fingerprint density at radius 2 is 1.89 bits per heavy atom. The molecule has 0 radical (unpaired) electrons. The Kier molecular flexibility index (Phi) is 5.60. The minimum atomic E-state index is -0.984. The summed E-state index contributed by atoms with van der Waals surface area (Å²) in [6.07, 6.45) is 1.04. The van der Waals surface area contributed by atoms with Crippen molar-refractivity contribution >= 4 is 5.78 Å². The third-order valence-corrected chi connectivity index (χ3v) is 3.54. The number of halogens is 2. The van der Waals surface area contributed by atoms with E-state index in [0.717, 1.165) is 25.1 Å². The lowest BCUT2D eigenvalue weighted by molar-refractivity contribution is 0.0853. The second kappa shape index (κ2) is 6.75. The normalized spacial score (nSPS) is 14.5. The van der Waals surface area contributed by atoms with E-state index in [4.69, 9.17) is 0 Å². The molecule has 0 saturated carbocycles. The van der Waals surface area contributed by atoms with Crippen LogP contribution in [0.3, 0.4) is 0 Å². The smallest absolute Gasteiger partial charge is 0.179 e. The first kappa shape index (κ1) is 15.8. The van der Waals surface area contributed by atoms with E-state index in [2.05, 4.69) is 13.8 Å². The minimum absolute atomic E-state index is 0.190. The SMILES string of the molecule is CCC(C)CN(C)C(C)C(=O)c1ccc(F)c(F)c1. The Balaban J connectivity index is 2.78. The zero-order chi connectivity index (χ0) is 14.6. The van der Waals surface area contributed by atoms with Crippen LogP contribution in [0, 0.1) is 17.6 Å². The van der Waals surface area contributed by atoms with Gasteiger partial charge in [0.15, 0.2) is 17.4 Å². The molecule has 4 heteroatoms. The van der Waals surface area contributed by atoms with Gasteiger partial charge in [-0.3, -0.25) is 9.69 Å². The Bertz CT molecular complexity index is 448. The summed E-state index contributed by atoms with van der Waals surface area (Å²) < 4.78 is 26.0. The van der Waals surface area contributed by atoms with Crippen LogP contribution in [0.1, 0.15) is 37.6 Å². The van der Waals surface area contributed by atoms with Crippen molar-refractivity contribution in [3.8, 4) is 0 Å². The van der Waals surface area contributed by atoms with Gasteiger partial charge in [-0.15, -0.1) is 0 Å². The van der Waals surface area contributed by atoms with Gasteiger partial charge in [-0.05, 0) is 38.1 Å². The number of nitrogens with zero attached hydrogens (tertiary/aromatic N) is 1. The molecule has 0 aliphatic heterocycles. The number of likely N-dealkylation sites (N-methyl/N-ethyl adjacent to an activating group) is 1. The van der Waals surface area contributed by atoms with Crippen LogP contribution in [0.15, 0.2) is 18.2 Å². The van der Waals surface area contributed by atoms with Crippen molar-refractivity contribution in [1.82, 2.24) is 4.90 Å². The zero-order valence-electron chi connectivity index (χ0n) is 11.9.